The van der Waals surface area contributed by atoms with Crippen LogP contribution in [0.5, 0.6) is 0 Å². The van der Waals surface area contributed by atoms with Crippen molar-refractivity contribution in [2.45, 2.75) is 32.2 Å². The number of nitriles is 1. The van der Waals surface area contributed by atoms with Crippen molar-refractivity contribution in [1.82, 2.24) is 9.78 Å². The van der Waals surface area contributed by atoms with Crippen LogP contribution in [0.1, 0.15) is 24.1 Å². The number of hydrogen-bond acceptors (Lipinski definition) is 2. The minimum atomic E-state index is 0.0720. The van der Waals surface area contributed by atoms with E-state index in [1.54, 1.807) is 4.68 Å². The zero-order valence-electron chi connectivity index (χ0n) is 7.34. The second kappa shape index (κ2) is 3.09. The molecule has 4 heteroatoms. The molecular formula is C9H11N3O. The molecule has 68 valence electrons. The number of aromatic amines is 1. The molecule has 4 nitrogen and oxygen atoms in total. The summed E-state index contributed by atoms with van der Waals surface area (Å²) in [5, 5.41) is 11.4. The highest BCUT2D eigenvalue weighted by Crippen LogP contribution is 2.15. The highest BCUT2D eigenvalue weighted by atomic mass is 16.1. The first-order valence-corrected chi connectivity index (χ1v) is 4.50. The van der Waals surface area contributed by atoms with Crippen molar-refractivity contribution in [2.24, 2.45) is 0 Å². The van der Waals surface area contributed by atoms with Crippen LogP contribution in [0.4, 0.5) is 0 Å². The van der Waals surface area contributed by atoms with Crippen molar-refractivity contribution in [1.29, 1.82) is 5.26 Å². The molecule has 0 aliphatic heterocycles. The SMILES string of the molecule is N#CCCn1[nH]c2c(c1=O)CCC2. The van der Waals surface area contributed by atoms with Crippen molar-refractivity contribution < 1.29 is 0 Å². The number of H-pyrrole nitrogens is 1. The van der Waals surface area contributed by atoms with Crippen molar-refractivity contribution in [3.8, 4) is 6.07 Å². The summed E-state index contributed by atoms with van der Waals surface area (Å²) in [5.41, 5.74) is 2.07. The van der Waals surface area contributed by atoms with E-state index < -0.39 is 0 Å². The van der Waals surface area contributed by atoms with Gasteiger partial charge in [-0.3, -0.25) is 14.6 Å². The van der Waals surface area contributed by atoms with E-state index in [1.807, 2.05) is 6.07 Å². The summed E-state index contributed by atoms with van der Waals surface area (Å²) in [6.07, 6.45) is 3.34. The Morgan fingerprint density at radius 1 is 1.54 bits per heavy atom. The molecule has 1 aromatic rings. The van der Waals surface area contributed by atoms with E-state index >= 15 is 0 Å². The fourth-order valence-electron chi connectivity index (χ4n) is 1.80. The smallest absolute Gasteiger partial charge is 0.269 e. The summed E-state index contributed by atoms with van der Waals surface area (Å²) in [7, 11) is 0. The second-order valence-electron chi connectivity index (χ2n) is 3.29. The number of fused-ring (bicyclic) bond motifs is 1. The van der Waals surface area contributed by atoms with Crippen molar-refractivity contribution in [2.75, 3.05) is 0 Å². The van der Waals surface area contributed by atoms with E-state index in [-0.39, 0.29) is 5.56 Å². The lowest BCUT2D eigenvalue weighted by Gasteiger charge is -1.96. The molecule has 0 fully saturated rings. The minimum absolute atomic E-state index is 0.0720. The van der Waals surface area contributed by atoms with Crippen molar-refractivity contribution >= 4 is 0 Å². The van der Waals surface area contributed by atoms with Gasteiger partial charge in [0.05, 0.1) is 19.0 Å². The summed E-state index contributed by atoms with van der Waals surface area (Å²) < 4.78 is 1.55. The Kier molecular flexibility index (Phi) is 1.93. The Morgan fingerprint density at radius 2 is 2.38 bits per heavy atom. The molecule has 2 rings (SSSR count). The van der Waals surface area contributed by atoms with E-state index in [4.69, 9.17) is 5.26 Å². The van der Waals surface area contributed by atoms with E-state index in [1.165, 1.54) is 0 Å². The molecule has 0 unspecified atom stereocenters. The number of hydrogen-bond donors (Lipinski definition) is 1. The quantitative estimate of drug-likeness (QED) is 0.718. The first-order chi connectivity index (χ1) is 6.33. The summed E-state index contributed by atoms with van der Waals surface area (Å²) >= 11 is 0. The van der Waals surface area contributed by atoms with E-state index in [2.05, 4.69) is 5.10 Å². The lowest BCUT2D eigenvalue weighted by Crippen LogP contribution is -2.18. The molecule has 0 bridgehead atoms. The number of nitrogens with one attached hydrogen (secondary N) is 1. The standard InChI is InChI=1S/C9H11N3O/c10-5-2-6-12-9(13)7-3-1-4-8(7)11-12/h11H,1-4,6H2. The summed E-state index contributed by atoms with van der Waals surface area (Å²) in [6.45, 7) is 0.488. The van der Waals surface area contributed by atoms with E-state index in [0.717, 1.165) is 30.5 Å². The maximum Gasteiger partial charge on any atom is 0.269 e. The van der Waals surface area contributed by atoms with Crippen LogP contribution in [-0.4, -0.2) is 9.78 Å². The van der Waals surface area contributed by atoms with Crippen LogP contribution in [-0.2, 0) is 19.4 Å². The Morgan fingerprint density at radius 3 is 3.08 bits per heavy atom. The molecule has 0 amide bonds. The normalized spacial score (nSPS) is 14.1. The number of aromatic nitrogens is 2. The maximum atomic E-state index is 11.6. The third-order valence-corrected chi connectivity index (χ3v) is 2.44. The predicted molar refractivity (Wildman–Crippen MR) is 47.3 cm³/mol. The van der Waals surface area contributed by atoms with Crippen molar-refractivity contribution in [3.63, 3.8) is 0 Å². The van der Waals surface area contributed by atoms with Gasteiger partial charge in [0.1, 0.15) is 0 Å². The highest BCUT2D eigenvalue weighted by molar-refractivity contribution is 5.22. The average Bonchev–Trinajstić information content (AvgIpc) is 2.67. The third-order valence-electron chi connectivity index (χ3n) is 2.44. The van der Waals surface area contributed by atoms with Crippen LogP contribution in [0, 0.1) is 11.3 Å². The van der Waals surface area contributed by atoms with E-state index in [9.17, 15) is 4.79 Å². The fourth-order valence-corrected chi connectivity index (χ4v) is 1.80. The molecule has 0 saturated carbocycles. The first-order valence-electron chi connectivity index (χ1n) is 4.50. The van der Waals surface area contributed by atoms with Gasteiger partial charge in [-0.15, -0.1) is 0 Å². The molecule has 1 heterocycles. The maximum absolute atomic E-state index is 11.6. The molecule has 0 aromatic carbocycles. The third kappa shape index (κ3) is 1.26. The molecule has 0 spiro atoms. The first kappa shape index (κ1) is 8.11. The number of aryl methyl sites for hydroxylation is 2. The minimum Gasteiger partial charge on any atom is -0.299 e. The molecule has 1 aromatic heterocycles. The molecule has 1 aliphatic rings. The molecule has 1 N–H and O–H groups in total. The Balaban J connectivity index is 2.30. The second-order valence-corrected chi connectivity index (χ2v) is 3.29. The van der Waals surface area contributed by atoms with Gasteiger partial charge >= 0.3 is 0 Å². The zero-order chi connectivity index (χ0) is 9.26. The number of nitrogens with zero attached hydrogens (tertiary/aromatic N) is 2. The molecule has 0 saturated heterocycles. The monoisotopic (exact) mass is 177 g/mol. The van der Waals surface area contributed by atoms with Crippen LogP contribution in [0.3, 0.4) is 0 Å². The van der Waals surface area contributed by atoms with Gasteiger partial charge in [0, 0.05) is 11.3 Å². The average molecular weight is 177 g/mol. The van der Waals surface area contributed by atoms with Crippen LogP contribution >= 0.6 is 0 Å². The van der Waals surface area contributed by atoms with Gasteiger partial charge in [0.15, 0.2) is 0 Å². The molecular weight excluding hydrogens is 166 g/mol. The van der Waals surface area contributed by atoms with Gasteiger partial charge in [-0.1, -0.05) is 0 Å². The lowest BCUT2D eigenvalue weighted by molar-refractivity contribution is 0.593. The molecule has 1 aliphatic carbocycles. The highest BCUT2D eigenvalue weighted by Gasteiger charge is 2.18. The zero-order valence-corrected chi connectivity index (χ0v) is 7.34. The van der Waals surface area contributed by atoms with Crippen molar-refractivity contribution in [3.05, 3.63) is 21.6 Å². The topological polar surface area (TPSA) is 61.6 Å². The van der Waals surface area contributed by atoms with Crippen LogP contribution in [0.2, 0.25) is 0 Å². The van der Waals surface area contributed by atoms with Gasteiger partial charge in [-0.25, -0.2) is 0 Å². The fraction of sp³-hybridized carbons (Fsp3) is 0.556. The Bertz CT molecular complexity index is 407. The number of rotatable bonds is 2. The predicted octanol–water partition coefficient (Wildman–Crippen LogP) is 0.579. The molecule has 13 heavy (non-hydrogen) atoms. The van der Waals surface area contributed by atoms with E-state index in [0.29, 0.717) is 13.0 Å². The molecule has 0 atom stereocenters. The largest absolute Gasteiger partial charge is 0.299 e. The summed E-state index contributed by atoms with van der Waals surface area (Å²) in [6, 6.07) is 2.03. The molecule has 0 radical (unpaired) electrons. The van der Waals surface area contributed by atoms with Gasteiger partial charge in [0.2, 0.25) is 0 Å². The lowest BCUT2D eigenvalue weighted by atomic mass is 10.3. The van der Waals surface area contributed by atoms with Crippen LogP contribution in [0.15, 0.2) is 4.79 Å². The summed E-state index contributed by atoms with van der Waals surface area (Å²) in [5.74, 6) is 0. The Labute approximate surface area is 75.8 Å². The van der Waals surface area contributed by atoms with Crippen LogP contribution < -0.4 is 5.56 Å². The van der Waals surface area contributed by atoms with Crippen LogP contribution in [0.25, 0.3) is 0 Å². The van der Waals surface area contributed by atoms with Gasteiger partial charge in [-0.05, 0) is 19.3 Å². The van der Waals surface area contributed by atoms with Gasteiger partial charge in [0.25, 0.3) is 5.56 Å². The Hall–Kier alpha value is -1.50. The van der Waals surface area contributed by atoms with Gasteiger partial charge < -0.3 is 0 Å². The summed E-state index contributed by atoms with van der Waals surface area (Å²) in [4.78, 5) is 11.6. The van der Waals surface area contributed by atoms with Gasteiger partial charge in [-0.2, -0.15) is 5.26 Å².